The Morgan fingerprint density at radius 1 is 1.29 bits per heavy atom. The van der Waals surface area contributed by atoms with Crippen molar-refractivity contribution >= 4 is 33.3 Å². The Bertz CT molecular complexity index is 1340. The molecule has 1 aromatic carbocycles. The van der Waals surface area contributed by atoms with Crippen molar-refractivity contribution < 1.29 is 0 Å². The van der Waals surface area contributed by atoms with Crippen LogP contribution in [0.4, 0.5) is 0 Å². The average molecular weight is 452 g/mol. The molecule has 1 N–H and O–H groups in total. The maximum absolute atomic E-state index is 13.0. The van der Waals surface area contributed by atoms with E-state index in [4.69, 9.17) is 4.98 Å². The first-order chi connectivity index (χ1) is 14.9. The predicted octanol–water partition coefficient (Wildman–Crippen LogP) is 5.16. The molecule has 160 valence electrons. The maximum Gasteiger partial charge on any atom is 0.259 e. The van der Waals surface area contributed by atoms with Crippen molar-refractivity contribution in [2.45, 2.75) is 57.4 Å². The highest BCUT2D eigenvalue weighted by Gasteiger charge is 2.24. The van der Waals surface area contributed by atoms with Crippen molar-refractivity contribution in [3.8, 4) is 5.69 Å². The third-order valence-corrected chi connectivity index (χ3v) is 8.11. The molecule has 0 amide bonds. The number of aromatic nitrogens is 5. The highest BCUT2D eigenvalue weighted by molar-refractivity contribution is 7.99. The van der Waals surface area contributed by atoms with Crippen LogP contribution >= 0.6 is 23.1 Å². The lowest BCUT2D eigenvalue weighted by molar-refractivity contribution is 0.509. The van der Waals surface area contributed by atoms with Gasteiger partial charge in [0.15, 0.2) is 5.16 Å². The Balaban J connectivity index is 1.49. The minimum atomic E-state index is -0.0673. The molecule has 1 aliphatic rings. The van der Waals surface area contributed by atoms with E-state index in [1.54, 1.807) is 23.1 Å². The quantitative estimate of drug-likeness (QED) is 0.434. The Kier molecular flexibility index (Phi) is 5.22. The number of aromatic amines is 1. The van der Waals surface area contributed by atoms with Gasteiger partial charge in [-0.1, -0.05) is 30.8 Å². The number of H-pyrrole nitrogens is 1. The van der Waals surface area contributed by atoms with Crippen LogP contribution in [0.25, 0.3) is 15.9 Å². The fraction of sp³-hybridized carbons (Fsp3) is 0.391. The minimum Gasteiger partial charge on any atom is -0.309 e. The van der Waals surface area contributed by atoms with E-state index >= 15 is 0 Å². The molecule has 4 aromatic rings. The summed E-state index contributed by atoms with van der Waals surface area (Å²) in [5.41, 5.74) is 3.42. The molecular weight excluding hydrogens is 426 g/mol. The van der Waals surface area contributed by atoms with Crippen LogP contribution in [0.3, 0.4) is 0 Å². The van der Waals surface area contributed by atoms with E-state index in [2.05, 4.69) is 58.7 Å². The van der Waals surface area contributed by atoms with Gasteiger partial charge < -0.3 is 4.98 Å². The predicted molar refractivity (Wildman–Crippen MR) is 127 cm³/mol. The topological polar surface area (TPSA) is 76.5 Å². The molecule has 1 aliphatic carbocycles. The molecule has 8 heteroatoms. The number of thioether (sulfide) groups is 1. The van der Waals surface area contributed by atoms with E-state index in [1.807, 2.05) is 13.0 Å². The summed E-state index contributed by atoms with van der Waals surface area (Å²) in [6.07, 6.45) is 3.17. The normalized spacial score (nSPS) is 17.1. The van der Waals surface area contributed by atoms with Crippen LogP contribution in [-0.4, -0.2) is 24.7 Å². The molecule has 0 radical (unpaired) electrons. The zero-order valence-corrected chi connectivity index (χ0v) is 19.7. The molecule has 0 saturated heterocycles. The molecule has 3 heterocycles. The Morgan fingerprint density at radius 2 is 2.13 bits per heavy atom. The zero-order valence-electron chi connectivity index (χ0n) is 18.1. The molecule has 6 nitrogen and oxygen atoms in total. The standard InChI is InChI=1S/C23H25N5OS2/c1-12-6-5-7-16(10-12)28-15(4)26-27-23(28)30-14(3)20-24-21(29)19-17-9-8-13(2)11-18(17)31-22(19)25-20/h5-7,10,13-14H,8-9,11H2,1-4H3,(H,24,25,29). The third-order valence-electron chi connectivity index (χ3n) is 5.91. The van der Waals surface area contributed by atoms with Gasteiger partial charge in [0.1, 0.15) is 16.5 Å². The van der Waals surface area contributed by atoms with Crippen LogP contribution in [-0.2, 0) is 12.8 Å². The second-order valence-electron chi connectivity index (χ2n) is 8.45. The highest BCUT2D eigenvalue weighted by Crippen LogP contribution is 2.38. The number of benzene rings is 1. The van der Waals surface area contributed by atoms with Crippen molar-refractivity contribution in [2.75, 3.05) is 0 Å². The van der Waals surface area contributed by atoms with Crippen LogP contribution in [0.5, 0.6) is 0 Å². The molecule has 0 bridgehead atoms. The van der Waals surface area contributed by atoms with Crippen LogP contribution < -0.4 is 5.56 Å². The summed E-state index contributed by atoms with van der Waals surface area (Å²) in [6.45, 7) is 8.35. The van der Waals surface area contributed by atoms with Gasteiger partial charge in [-0.05, 0) is 69.2 Å². The number of hydrogen-bond acceptors (Lipinski definition) is 6. The summed E-state index contributed by atoms with van der Waals surface area (Å²) in [5, 5.41) is 10.2. The van der Waals surface area contributed by atoms with E-state index in [9.17, 15) is 4.79 Å². The lowest BCUT2D eigenvalue weighted by Crippen LogP contribution is -2.15. The summed E-state index contributed by atoms with van der Waals surface area (Å²) < 4.78 is 2.05. The van der Waals surface area contributed by atoms with Gasteiger partial charge in [-0.25, -0.2) is 4.98 Å². The second-order valence-corrected chi connectivity index (χ2v) is 10.8. The number of hydrogen-bond donors (Lipinski definition) is 1. The molecule has 0 fully saturated rings. The number of thiophene rings is 1. The number of rotatable bonds is 4. The smallest absolute Gasteiger partial charge is 0.259 e. The number of nitrogens with one attached hydrogen (secondary N) is 1. The first-order valence-electron chi connectivity index (χ1n) is 10.6. The molecule has 2 atom stereocenters. The summed E-state index contributed by atoms with van der Waals surface area (Å²) in [5.74, 6) is 2.19. The molecule has 31 heavy (non-hydrogen) atoms. The van der Waals surface area contributed by atoms with E-state index in [0.717, 1.165) is 46.1 Å². The van der Waals surface area contributed by atoms with E-state index in [1.165, 1.54) is 16.0 Å². The van der Waals surface area contributed by atoms with Gasteiger partial charge in [0.2, 0.25) is 0 Å². The van der Waals surface area contributed by atoms with Crippen LogP contribution in [0.15, 0.2) is 34.2 Å². The lowest BCUT2D eigenvalue weighted by atomic mass is 9.89. The minimum absolute atomic E-state index is 0.0177. The largest absolute Gasteiger partial charge is 0.309 e. The van der Waals surface area contributed by atoms with Crippen molar-refractivity contribution in [1.82, 2.24) is 24.7 Å². The molecule has 0 spiro atoms. The molecular formula is C23H25N5OS2. The fourth-order valence-corrected chi connectivity index (χ4v) is 6.62. The Labute approximate surface area is 189 Å². The molecule has 3 aromatic heterocycles. The van der Waals surface area contributed by atoms with E-state index < -0.39 is 0 Å². The van der Waals surface area contributed by atoms with E-state index in [0.29, 0.717) is 11.7 Å². The van der Waals surface area contributed by atoms with Crippen molar-refractivity contribution in [3.05, 3.63) is 62.3 Å². The van der Waals surface area contributed by atoms with Gasteiger partial charge in [0, 0.05) is 10.6 Å². The van der Waals surface area contributed by atoms with Gasteiger partial charge in [-0.3, -0.25) is 9.36 Å². The van der Waals surface area contributed by atoms with Gasteiger partial charge >= 0.3 is 0 Å². The van der Waals surface area contributed by atoms with Crippen molar-refractivity contribution in [3.63, 3.8) is 0 Å². The molecule has 2 unspecified atom stereocenters. The average Bonchev–Trinajstić information content (AvgIpc) is 3.27. The van der Waals surface area contributed by atoms with Gasteiger partial charge in [-0.2, -0.15) is 0 Å². The number of aryl methyl sites for hydroxylation is 3. The summed E-state index contributed by atoms with van der Waals surface area (Å²) in [4.78, 5) is 23.1. The maximum atomic E-state index is 13.0. The monoisotopic (exact) mass is 451 g/mol. The Morgan fingerprint density at radius 3 is 2.94 bits per heavy atom. The van der Waals surface area contributed by atoms with Crippen LogP contribution in [0.2, 0.25) is 0 Å². The van der Waals surface area contributed by atoms with E-state index in [-0.39, 0.29) is 10.8 Å². The zero-order chi connectivity index (χ0) is 21.7. The van der Waals surface area contributed by atoms with Crippen LogP contribution in [0, 0.1) is 19.8 Å². The molecule has 5 rings (SSSR count). The first kappa shape index (κ1) is 20.5. The molecule has 0 aliphatic heterocycles. The van der Waals surface area contributed by atoms with Crippen molar-refractivity contribution in [2.24, 2.45) is 5.92 Å². The van der Waals surface area contributed by atoms with Gasteiger partial charge in [0.25, 0.3) is 5.56 Å². The molecule has 0 saturated carbocycles. The fourth-order valence-electron chi connectivity index (χ4n) is 4.26. The van der Waals surface area contributed by atoms with Gasteiger partial charge in [0.05, 0.1) is 10.6 Å². The van der Waals surface area contributed by atoms with Crippen molar-refractivity contribution in [1.29, 1.82) is 0 Å². The third kappa shape index (κ3) is 3.72. The highest BCUT2D eigenvalue weighted by atomic mass is 32.2. The summed E-state index contributed by atoms with van der Waals surface area (Å²) in [6, 6.07) is 8.29. The SMILES string of the molecule is Cc1cccc(-n2c(C)nnc2SC(C)c2nc3sc4c(c3c(=O)[nH]2)CCC(C)C4)c1. The summed E-state index contributed by atoms with van der Waals surface area (Å²) in [7, 11) is 0. The Hall–Kier alpha value is -2.45. The summed E-state index contributed by atoms with van der Waals surface area (Å²) >= 11 is 3.25. The van der Waals surface area contributed by atoms with Gasteiger partial charge in [-0.15, -0.1) is 21.5 Å². The van der Waals surface area contributed by atoms with Crippen LogP contribution in [0.1, 0.15) is 53.2 Å². The lowest BCUT2D eigenvalue weighted by Gasteiger charge is -2.17. The number of nitrogens with zero attached hydrogens (tertiary/aromatic N) is 4. The first-order valence-corrected chi connectivity index (χ1v) is 12.3. The number of fused-ring (bicyclic) bond motifs is 3. The second kappa shape index (κ2) is 7.91.